The molecule has 1 fully saturated rings. The van der Waals surface area contributed by atoms with Crippen molar-refractivity contribution < 1.29 is 18.7 Å². The predicted octanol–water partition coefficient (Wildman–Crippen LogP) is 2.60. The van der Waals surface area contributed by atoms with Crippen LogP contribution in [-0.4, -0.2) is 30.1 Å². The number of allylic oxidation sites excluding steroid dienone is 1. The van der Waals surface area contributed by atoms with Crippen molar-refractivity contribution >= 4 is 18.1 Å². The summed E-state index contributed by atoms with van der Waals surface area (Å²) >= 11 is 0. The van der Waals surface area contributed by atoms with Crippen molar-refractivity contribution in [1.82, 2.24) is 4.90 Å². The highest BCUT2D eigenvalue weighted by atomic mass is 19.1. The van der Waals surface area contributed by atoms with Crippen molar-refractivity contribution in [2.75, 3.05) is 13.2 Å². The Morgan fingerprint density at radius 3 is 2.74 bits per heavy atom. The van der Waals surface area contributed by atoms with Gasteiger partial charge in [0.15, 0.2) is 0 Å². The fourth-order valence-corrected chi connectivity index (χ4v) is 1.76. The number of imide groups is 1. The van der Waals surface area contributed by atoms with Gasteiger partial charge in [0.25, 0.3) is 0 Å². The van der Waals surface area contributed by atoms with Gasteiger partial charge in [-0.25, -0.2) is 14.1 Å². The number of benzene rings is 1. The molecular weight excluding hydrogens is 249 g/mol. The van der Waals surface area contributed by atoms with Crippen molar-refractivity contribution in [2.45, 2.75) is 12.8 Å². The van der Waals surface area contributed by atoms with E-state index < -0.39 is 6.09 Å². The van der Waals surface area contributed by atoms with Crippen molar-refractivity contribution in [2.24, 2.45) is 0 Å². The molecule has 0 N–H and O–H groups in total. The van der Waals surface area contributed by atoms with Crippen LogP contribution in [0.3, 0.4) is 0 Å². The van der Waals surface area contributed by atoms with Crippen LogP contribution in [0.4, 0.5) is 9.18 Å². The van der Waals surface area contributed by atoms with Crippen LogP contribution >= 0.6 is 0 Å². The summed E-state index contributed by atoms with van der Waals surface area (Å²) < 4.78 is 17.4. The zero-order valence-electron chi connectivity index (χ0n) is 10.3. The molecule has 0 unspecified atom stereocenters. The molecule has 1 aliphatic rings. The SMILES string of the molecule is O=C(CC/C=C/c1ccc(F)cc1)N1CCOC1=O. The lowest BCUT2D eigenvalue weighted by Gasteiger charge is -2.08. The van der Waals surface area contributed by atoms with Crippen LogP contribution in [0, 0.1) is 5.82 Å². The molecule has 0 saturated carbocycles. The number of carbonyl (C=O) groups is 2. The first-order valence-electron chi connectivity index (χ1n) is 6.06. The summed E-state index contributed by atoms with van der Waals surface area (Å²) in [5, 5.41) is 0. The number of hydrogen-bond acceptors (Lipinski definition) is 3. The molecule has 1 saturated heterocycles. The molecular formula is C14H14FNO3. The molecule has 1 aliphatic heterocycles. The highest BCUT2D eigenvalue weighted by molar-refractivity contribution is 5.92. The number of halogens is 1. The number of carbonyl (C=O) groups excluding carboxylic acids is 2. The summed E-state index contributed by atoms with van der Waals surface area (Å²) in [6.07, 6.45) is 3.86. The van der Waals surface area contributed by atoms with Crippen LogP contribution in [0.25, 0.3) is 6.08 Å². The Morgan fingerprint density at radius 1 is 1.37 bits per heavy atom. The minimum Gasteiger partial charge on any atom is -0.447 e. The Labute approximate surface area is 110 Å². The average Bonchev–Trinajstić information content (AvgIpc) is 2.83. The third kappa shape index (κ3) is 3.64. The third-order valence-electron chi connectivity index (χ3n) is 2.77. The molecule has 0 spiro atoms. The molecule has 2 rings (SSSR count). The molecule has 100 valence electrons. The summed E-state index contributed by atoms with van der Waals surface area (Å²) in [6.45, 7) is 0.606. The van der Waals surface area contributed by atoms with Gasteiger partial charge in [0, 0.05) is 6.42 Å². The van der Waals surface area contributed by atoms with Crippen molar-refractivity contribution in [3.63, 3.8) is 0 Å². The molecule has 1 aromatic rings. The number of cyclic esters (lactones) is 1. The first kappa shape index (κ1) is 13.3. The van der Waals surface area contributed by atoms with E-state index in [2.05, 4.69) is 4.74 Å². The third-order valence-corrected chi connectivity index (χ3v) is 2.77. The molecule has 1 aromatic carbocycles. The van der Waals surface area contributed by atoms with Gasteiger partial charge in [0.05, 0.1) is 6.54 Å². The largest absolute Gasteiger partial charge is 0.447 e. The van der Waals surface area contributed by atoms with Gasteiger partial charge in [0.2, 0.25) is 5.91 Å². The minimum atomic E-state index is -0.562. The summed E-state index contributed by atoms with van der Waals surface area (Å²) in [7, 11) is 0. The second kappa shape index (κ2) is 6.13. The highest BCUT2D eigenvalue weighted by Crippen LogP contribution is 2.09. The first-order valence-corrected chi connectivity index (χ1v) is 6.06. The standard InChI is InChI=1S/C14H14FNO3/c15-12-7-5-11(6-8-12)3-1-2-4-13(17)16-9-10-19-14(16)18/h1,3,5-8H,2,4,9-10H2/b3-1+. The number of rotatable bonds is 4. The molecule has 0 bridgehead atoms. The summed E-state index contributed by atoms with van der Waals surface area (Å²) in [4.78, 5) is 23.9. The molecule has 0 radical (unpaired) electrons. The maximum Gasteiger partial charge on any atom is 0.416 e. The number of ether oxygens (including phenoxy) is 1. The van der Waals surface area contributed by atoms with E-state index in [1.54, 1.807) is 12.1 Å². The van der Waals surface area contributed by atoms with Crippen LogP contribution in [0.15, 0.2) is 30.3 Å². The maximum absolute atomic E-state index is 12.7. The van der Waals surface area contributed by atoms with E-state index in [0.717, 1.165) is 10.5 Å². The van der Waals surface area contributed by atoms with Crippen LogP contribution in [0.2, 0.25) is 0 Å². The minimum absolute atomic E-state index is 0.230. The lowest BCUT2D eigenvalue weighted by atomic mass is 10.2. The second-order valence-electron chi connectivity index (χ2n) is 4.15. The van der Waals surface area contributed by atoms with E-state index in [9.17, 15) is 14.0 Å². The van der Waals surface area contributed by atoms with E-state index in [4.69, 9.17) is 0 Å². The van der Waals surface area contributed by atoms with Gasteiger partial charge >= 0.3 is 6.09 Å². The average molecular weight is 263 g/mol. The molecule has 2 amide bonds. The van der Waals surface area contributed by atoms with E-state index in [-0.39, 0.29) is 24.8 Å². The van der Waals surface area contributed by atoms with E-state index in [1.807, 2.05) is 12.2 Å². The van der Waals surface area contributed by atoms with Crippen molar-refractivity contribution in [3.8, 4) is 0 Å². The normalized spacial score (nSPS) is 15.0. The number of hydrogen-bond donors (Lipinski definition) is 0. The van der Waals surface area contributed by atoms with Gasteiger partial charge in [-0.3, -0.25) is 4.79 Å². The smallest absolute Gasteiger partial charge is 0.416 e. The van der Waals surface area contributed by atoms with Gasteiger partial charge in [-0.05, 0) is 24.1 Å². The topological polar surface area (TPSA) is 46.6 Å². The zero-order chi connectivity index (χ0) is 13.7. The van der Waals surface area contributed by atoms with Crippen molar-refractivity contribution in [1.29, 1.82) is 0 Å². The van der Waals surface area contributed by atoms with Gasteiger partial charge in [-0.1, -0.05) is 24.3 Å². The fourth-order valence-electron chi connectivity index (χ4n) is 1.76. The zero-order valence-corrected chi connectivity index (χ0v) is 10.3. The maximum atomic E-state index is 12.7. The lowest BCUT2D eigenvalue weighted by Crippen LogP contribution is -2.31. The Bertz CT molecular complexity index is 496. The Kier molecular flexibility index (Phi) is 4.28. The monoisotopic (exact) mass is 263 g/mol. The fraction of sp³-hybridized carbons (Fsp3) is 0.286. The van der Waals surface area contributed by atoms with Gasteiger partial charge < -0.3 is 4.74 Å². The highest BCUT2D eigenvalue weighted by Gasteiger charge is 2.27. The summed E-state index contributed by atoms with van der Waals surface area (Å²) in [5.41, 5.74) is 0.870. The van der Waals surface area contributed by atoms with Crippen molar-refractivity contribution in [3.05, 3.63) is 41.7 Å². The molecule has 0 atom stereocenters. The predicted molar refractivity (Wildman–Crippen MR) is 67.7 cm³/mol. The first-order chi connectivity index (χ1) is 9.16. The molecule has 0 aliphatic carbocycles. The molecule has 19 heavy (non-hydrogen) atoms. The molecule has 4 nitrogen and oxygen atoms in total. The summed E-state index contributed by atoms with van der Waals surface area (Å²) in [6, 6.07) is 6.08. The lowest BCUT2D eigenvalue weighted by molar-refractivity contribution is -0.127. The van der Waals surface area contributed by atoms with Gasteiger partial charge in [0.1, 0.15) is 12.4 Å². The molecule has 1 heterocycles. The Balaban J connectivity index is 1.78. The van der Waals surface area contributed by atoms with Crippen LogP contribution in [-0.2, 0) is 9.53 Å². The Morgan fingerprint density at radius 2 is 2.11 bits per heavy atom. The summed E-state index contributed by atoms with van der Waals surface area (Å²) in [5.74, 6) is -0.508. The van der Waals surface area contributed by atoms with Crippen LogP contribution in [0.5, 0.6) is 0 Å². The Hall–Kier alpha value is -2.17. The number of amides is 2. The van der Waals surface area contributed by atoms with E-state index >= 15 is 0 Å². The van der Waals surface area contributed by atoms with Crippen LogP contribution < -0.4 is 0 Å². The number of nitrogens with zero attached hydrogens (tertiary/aromatic N) is 1. The molecule has 5 heteroatoms. The van der Waals surface area contributed by atoms with E-state index in [0.29, 0.717) is 13.0 Å². The quantitative estimate of drug-likeness (QED) is 0.838. The van der Waals surface area contributed by atoms with E-state index in [1.165, 1.54) is 12.1 Å². The van der Waals surface area contributed by atoms with Gasteiger partial charge in [-0.15, -0.1) is 0 Å². The van der Waals surface area contributed by atoms with Gasteiger partial charge in [-0.2, -0.15) is 0 Å². The second-order valence-corrected chi connectivity index (χ2v) is 4.15. The molecule has 0 aromatic heterocycles. The van der Waals surface area contributed by atoms with Crippen LogP contribution in [0.1, 0.15) is 18.4 Å².